The van der Waals surface area contributed by atoms with Crippen molar-refractivity contribution >= 4 is 33.5 Å². The minimum Gasteiger partial charge on any atom is -0.496 e. The van der Waals surface area contributed by atoms with E-state index in [4.69, 9.17) is 30.3 Å². The van der Waals surface area contributed by atoms with E-state index < -0.39 is 0 Å². The van der Waals surface area contributed by atoms with Gasteiger partial charge in [-0.1, -0.05) is 16.8 Å². The molecular weight excluding hydrogens is 396 g/mol. The summed E-state index contributed by atoms with van der Waals surface area (Å²) in [6, 6.07) is 3.92. The number of aromatic nitrogens is 4. The van der Waals surface area contributed by atoms with Gasteiger partial charge in [0.05, 0.1) is 37.0 Å². The van der Waals surface area contributed by atoms with E-state index in [0.29, 0.717) is 35.6 Å². The van der Waals surface area contributed by atoms with Crippen LogP contribution in [0.1, 0.15) is 17.3 Å². The number of nitrogens with one attached hydrogen (secondary N) is 1. The van der Waals surface area contributed by atoms with E-state index in [1.165, 1.54) is 0 Å². The predicted octanol–water partition coefficient (Wildman–Crippen LogP) is 4.21. The Bertz CT molecular complexity index is 1170. The van der Waals surface area contributed by atoms with Crippen LogP contribution in [-0.2, 0) is 16.1 Å². The predicted molar refractivity (Wildman–Crippen MR) is 109 cm³/mol. The van der Waals surface area contributed by atoms with Crippen LogP contribution in [0.3, 0.4) is 0 Å². The lowest BCUT2D eigenvalue weighted by molar-refractivity contribution is 0.0587. The van der Waals surface area contributed by atoms with Gasteiger partial charge in [-0.3, -0.25) is 0 Å². The third-order valence-corrected chi connectivity index (χ3v) is 5.01. The van der Waals surface area contributed by atoms with Gasteiger partial charge in [-0.25, -0.2) is 9.97 Å². The smallest absolute Gasteiger partial charge is 0.158 e. The van der Waals surface area contributed by atoms with Crippen molar-refractivity contribution in [3.63, 3.8) is 0 Å². The number of aromatic amines is 1. The maximum absolute atomic E-state index is 6.49. The van der Waals surface area contributed by atoms with E-state index in [0.717, 1.165) is 38.9 Å². The number of aryl methyl sites for hydroxylation is 2. The minimum atomic E-state index is 0.252. The molecule has 0 saturated heterocycles. The first-order valence-electron chi connectivity index (χ1n) is 9.09. The lowest BCUT2D eigenvalue weighted by atomic mass is 10.0. The minimum absolute atomic E-state index is 0.252. The van der Waals surface area contributed by atoms with Crippen molar-refractivity contribution in [3.8, 4) is 16.9 Å². The molecule has 3 aromatic heterocycles. The summed E-state index contributed by atoms with van der Waals surface area (Å²) >= 11 is 6.49. The number of ether oxygens (including phenoxy) is 3. The number of hydrogen-bond acceptors (Lipinski definition) is 7. The first kappa shape index (κ1) is 19.6. The summed E-state index contributed by atoms with van der Waals surface area (Å²) in [5.41, 5.74) is 4.10. The summed E-state index contributed by atoms with van der Waals surface area (Å²) in [7, 11) is 3.25. The molecule has 0 fully saturated rings. The van der Waals surface area contributed by atoms with E-state index in [-0.39, 0.29) is 6.61 Å². The SMILES string of the molecule is COCCOCc1nc(Cl)c2c(n1)[nH]c1cc(-c3c(C)noc3C)c(OC)cc12. The number of methoxy groups -OCH3 is 2. The highest BCUT2D eigenvalue weighted by Crippen LogP contribution is 2.40. The Kier molecular flexibility index (Phi) is 5.40. The number of rotatable bonds is 7. The van der Waals surface area contributed by atoms with Gasteiger partial charge in [0.25, 0.3) is 0 Å². The van der Waals surface area contributed by atoms with Crippen LogP contribution in [0.4, 0.5) is 0 Å². The monoisotopic (exact) mass is 416 g/mol. The summed E-state index contributed by atoms with van der Waals surface area (Å²) in [6.45, 7) is 5.00. The van der Waals surface area contributed by atoms with Crippen LogP contribution in [0.25, 0.3) is 33.1 Å². The van der Waals surface area contributed by atoms with Gasteiger partial charge in [-0.15, -0.1) is 0 Å². The molecule has 152 valence electrons. The molecule has 0 amide bonds. The zero-order valence-corrected chi connectivity index (χ0v) is 17.4. The zero-order chi connectivity index (χ0) is 20.5. The molecule has 0 unspecified atom stereocenters. The van der Waals surface area contributed by atoms with Gasteiger partial charge in [0, 0.05) is 23.6 Å². The summed E-state index contributed by atoms with van der Waals surface area (Å²) in [5.74, 6) is 1.92. The summed E-state index contributed by atoms with van der Waals surface area (Å²) in [4.78, 5) is 12.3. The fraction of sp³-hybridized carbons (Fsp3) is 0.350. The highest BCUT2D eigenvalue weighted by molar-refractivity contribution is 6.36. The van der Waals surface area contributed by atoms with Crippen LogP contribution in [0.2, 0.25) is 5.15 Å². The number of hydrogen-bond donors (Lipinski definition) is 1. The number of H-pyrrole nitrogens is 1. The molecule has 0 bridgehead atoms. The van der Waals surface area contributed by atoms with E-state index >= 15 is 0 Å². The van der Waals surface area contributed by atoms with Crippen molar-refractivity contribution in [2.45, 2.75) is 20.5 Å². The Hall–Kier alpha value is -2.68. The molecular formula is C20H21ClN4O4. The third kappa shape index (κ3) is 3.55. The van der Waals surface area contributed by atoms with Crippen LogP contribution in [0, 0.1) is 13.8 Å². The molecule has 4 rings (SSSR count). The molecule has 1 aromatic carbocycles. The van der Waals surface area contributed by atoms with Crippen LogP contribution in [0.15, 0.2) is 16.7 Å². The van der Waals surface area contributed by atoms with Crippen LogP contribution < -0.4 is 4.74 Å². The quantitative estimate of drug-likeness (QED) is 0.356. The first-order valence-corrected chi connectivity index (χ1v) is 9.47. The topological polar surface area (TPSA) is 95.3 Å². The lowest BCUT2D eigenvalue weighted by Crippen LogP contribution is -2.04. The number of fused-ring (bicyclic) bond motifs is 3. The normalized spacial score (nSPS) is 11.6. The maximum atomic E-state index is 6.49. The molecule has 0 radical (unpaired) electrons. The molecule has 4 aromatic rings. The summed E-state index contributed by atoms with van der Waals surface area (Å²) in [5, 5.41) is 6.03. The van der Waals surface area contributed by atoms with Crippen LogP contribution in [-0.4, -0.2) is 47.5 Å². The van der Waals surface area contributed by atoms with Crippen molar-refractivity contribution in [2.75, 3.05) is 27.4 Å². The van der Waals surface area contributed by atoms with Gasteiger partial charge in [0.15, 0.2) is 5.82 Å². The van der Waals surface area contributed by atoms with E-state index in [1.807, 2.05) is 26.0 Å². The molecule has 8 nitrogen and oxygen atoms in total. The van der Waals surface area contributed by atoms with E-state index in [2.05, 4.69) is 20.1 Å². The molecule has 0 spiro atoms. The number of halogens is 1. The van der Waals surface area contributed by atoms with E-state index in [9.17, 15) is 0 Å². The highest BCUT2D eigenvalue weighted by Gasteiger charge is 2.20. The van der Waals surface area contributed by atoms with E-state index in [1.54, 1.807) is 14.2 Å². The zero-order valence-electron chi connectivity index (χ0n) is 16.6. The van der Waals surface area contributed by atoms with Crippen molar-refractivity contribution in [1.82, 2.24) is 20.1 Å². The Labute approximate surface area is 172 Å². The van der Waals surface area contributed by atoms with Gasteiger partial charge in [-0.2, -0.15) is 0 Å². The van der Waals surface area contributed by atoms with Gasteiger partial charge >= 0.3 is 0 Å². The third-order valence-electron chi connectivity index (χ3n) is 4.74. The second-order valence-electron chi connectivity index (χ2n) is 6.62. The first-order chi connectivity index (χ1) is 14.0. The highest BCUT2D eigenvalue weighted by atomic mass is 35.5. The number of nitrogens with zero attached hydrogens (tertiary/aromatic N) is 3. The molecule has 3 heterocycles. The van der Waals surface area contributed by atoms with Crippen molar-refractivity contribution in [2.24, 2.45) is 0 Å². The van der Waals surface area contributed by atoms with Crippen molar-refractivity contribution < 1.29 is 18.7 Å². The Morgan fingerprint density at radius 3 is 2.66 bits per heavy atom. The average Bonchev–Trinajstić information content (AvgIpc) is 3.23. The fourth-order valence-electron chi connectivity index (χ4n) is 3.43. The van der Waals surface area contributed by atoms with Crippen LogP contribution in [0.5, 0.6) is 5.75 Å². The van der Waals surface area contributed by atoms with Gasteiger partial charge in [0.2, 0.25) is 0 Å². The second kappa shape index (κ2) is 7.98. The molecule has 0 aliphatic carbocycles. The molecule has 0 aliphatic rings. The Morgan fingerprint density at radius 2 is 1.97 bits per heavy atom. The fourth-order valence-corrected chi connectivity index (χ4v) is 3.71. The van der Waals surface area contributed by atoms with Crippen LogP contribution >= 0.6 is 11.6 Å². The van der Waals surface area contributed by atoms with Crippen molar-refractivity contribution in [1.29, 1.82) is 0 Å². The van der Waals surface area contributed by atoms with Gasteiger partial charge in [0.1, 0.15) is 28.9 Å². The molecule has 0 saturated carbocycles. The maximum Gasteiger partial charge on any atom is 0.158 e. The molecule has 29 heavy (non-hydrogen) atoms. The summed E-state index contributed by atoms with van der Waals surface area (Å²) < 4.78 is 21.5. The molecule has 0 aliphatic heterocycles. The molecule has 1 N–H and O–H groups in total. The summed E-state index contributed by atoms with van der Waals surface area (Å²) in [6.07, 6.45) is 0. The molecule has 0 atom stereocenters. The van der Waals surface area contributed by atoms with Gasteiger partial charge < -0.3 is 23.7 Å². The lowest BCUT2D eigenvalue weighted by Gasteiger charge is -2.09. The Morgan fingerprint density at radius 1 is 1.14 bits per heavy atom. The Balaban J connectivity index is 1.83. The van der Waals surface area contributed by atoms with Crippen molar-refractivity contribution in [3.05, 3.63) is 34.6 Å². The largest absolute Gasteiger partial charge is 0.496 e. The average molecular weight is 417 g/mol. The van der Waals surface area contributed by atoms with Gasteiger partial charge in [-0.05, 0) is 26.0 Å². The second-order valence-corrected chi connectivity index (χ2v) is 6.98. The molecule has 9 heteroatoms. The standard InChI is InChI=1S/C20H21ClN4O4/c1-10-17(11(2)29-25-10)13-7-14-12(8-15(13)27-4)18-19(21)23-16(24-20(18)22-14)9-28-6-5-26-3/h7-8H,5-6,9H2,1-4H3,(H,22,23,24). The number of benzene rings is 1.